The molecule has 0 spiro atoms. The van der Waals surface area contributed by atoms with Crippen LogP contribution in [0.3, 0.4) is 0 Å². The SMILES string of the molecule is CCCCCC(O)CC(N)C(=O)O. The lowest BCUT2D eigenvalue weighted by atomic mass is 10.0. The minimum absolute atomic E-state index is 0.152. The van der Waals surface area contributed by atoms with Gasteiger partial charge in [0.2, 0.25) is 0 Å². The Hall–Kier alpha value is -0.610. The lowest BCUT2D eigenvalue weighted by Gasteiger charge is -2.12. The number of hydrogen-bond acceptors (Lipinski definition) is 3. The molecule has 2 atom stereocenters. The smallest absolute Gasteiger partial charge is 0.320 e. The van der Waals surface area contributed by atoms with E-state index in [1.165, 1.54) is 0 Å². The first-order chi connectivity index (χ1) is 6.07. The van der Waals surface area contributed by atoms with E-state index in [-0.39, 0.29) is 6.42 Å². The van der Waals surface area contributed by atoms with Gasteiger partial charge in [-0.15, -0.1) is 0 Å². The molecule has 4 nitrogen and oxygen atoms in total. The fourth-order valence-corrected chi connectivity index (χ4v) is 1.14. The highest BCUT2D eigenvalue weighted by atomic mass is 16.4. The summed E-state index contributed by atoms with van der Waals surface area (Å²) < 4.78 is 0. The number of aliphatic hydroxyl groups is 1. The van der Waals surface area contributed by atoms with E-state index in [0.29, 0.717) is 6.42 Å². The summed E-state index contributed by atoms with van der Waals surface area (Å²) in [6.45, 7) is 2.08. The standard InChI is InChI=1S/C9H19NO3/c1-2-3-4-5-7(11)6-8(10)9(12)13/h7-8,11H,2-6,10H2,1H3,(H,12,13). The Morgan fingerprint density at radius 3 is 2.54 bits per heavy atom. The molecule has 2 unspecified atom stereocenters. The second-order valence-corrected chi connectivity index (χ2v) is 3.33. The molecular weight excluding hydrogens is 170 g/mol. The van der Waals surface area contributed by atoms with Crippen molar-refractivity contribution in [2.75, 3.05) is 0 Å². The minimum atomic E-state index is -1.05. The predicted molar refractivity (Wildman–Crippen MR) is 50.4 cm³/mol. The van der Waals surface area contributed by atoms with Crippen molar-refractivity contribution in [3.05, 3.63) is 0 Å². The normalized spacial score (nSPS) is 15.3. The van der Waals surface area contributed by atoms with Crippen molar-refractivity contribution in [3.63, 3.8) is 0 Å². The third-order valence-electron chi connectivity index (χ3n) is 1.98. The lowest BCUT2D eigenvalue weighted by molar-refractivity contribution is -0.139. The quantitative estimate of drug-likeness (QED) is 0.515. The van der Waals surface area contributed by atoms with Gasteiger partial charge in [0.05, 0.1) is 6.10 Å². The monoisotopic (exact) mass is 189 g/mol. The molecule has 0 heterocycles. The van der Waals surface area contributed by atoms with Gasteiger partial charge in [-0.3, -0.25) is 4.79 Å². The van der Waals surface area contributed by atoms with Crippen LogP contribution in [0.25, 0.3) is 0 Å². The first-order valence-electron chi connectivity index (χ1n) is 4.74. The Morgan fingerprint density at radius 2 is 2.08 bits per heavy atom. The van der Waals surface area contributed by atoms with Crippen molar-refractivity contribution in [1.29, 1.82) is 0 Å². The van der Waals surface area contributed by atoms with Crippen molar-refractivity contribution < 1.29 is 15.0 Å². The predicted octanol–water partition coefficient (Wildman–Crippen LogP) is 0.730. The van der Waals surface area contributed by atoms with Crippen LogP contribution < -0.4 is 5.73 Å². The summed E-state index contributed by atoms with van der Waals surface area (Å²) in [5.74, 6) is -1.05. The molecule has 4 heteroatoms. The fraction of sp³-hybridized carbons (Fsp3) is 0.889. The van der Waals surface area contributed by atoms with E-state index in [2.05, 4.69) is 6.92 Å². The van der Waals surface area contributed by atoms with Gasteiger partial charge in [0, 0.05) is 0 Å². The molecule has 0 fully saturated rings. The van der Waals surface area contributed by atoms with Crippen LogP contribution in [-0.2, 0) is 4.79 Å². The first kappa shape index (κ1) is 12.4. The largest absolute Gasteiger partial charge is 0.480 e. The van der Waals surface area contributed by atoms with Crippen LogP contribution >= 0.6 is 0 Å². The van der Waals surface area contributed by atoms with Crippen molar-refractivity contribution in [1.82, 2.24) is 0 Å². The zero-order chi connectivity index (χ0) is 10.3. The van der Waals surface area contributed by atoms with Crippen LogP contribution in [0, 0.1) is 0 Å². The highest BCUT2D eigenvalue weighted by Crippen LogP contribution is 2.07. The zero-order valence-corrected chi connectivity index (χ0v) is 8.07. The second kappa shape index (κ2) is 6.86. The average molecular weight is 189 g/mol. The summed E-state index contributed by atoms with van der Waals surface area (Å²) in [6, 6.07) is -0.934. The molecule has 0 aromatic rings. The van der Waals surface area contributed by atoms with Crippen molar-refractivity contribution in [2.45, 2.75) is 51.2 Å². The molecule has 13 heavy (non-hydrogen) atoms. The molecule has 0 aromatic heterocycles. The summed E-state index contributed by atoms with van der Waals surface area (Å²) in [6.07, 6.45) is 3.33. The van der Waals surface area contributed by atoms with Crippen LogP contribution in [0.5, 0.6) is 0 Å². The summed E-state index contributed by atoms with van der Waals surface area (Å²) in [4.78, 5) is 10.3. The van der Waals surface area contributed by atoms with E-state index >= 15 is 0 Å². The molecule has 0 aliphatic heterocycles. The molecule has 0 bridgehead atoms. The number of carboxylic acids is 1. The van der Waals surface area contributed by atoms with Gasteiger partial charge in [0.15, 0.2) is 0 Å². The molecule has 0 radical (unpaired) electrons. The van der Waals surface area contributed by atoms with Crippen LogP contribution in [0.2, 0.25) is 0 Å². The number of rotatable bonds is 7. The van der Waals surface area contributed by atoms with Gasteiger partial charge in [0.1, 0.15) is 6.04 Å². The Balaban J connectivity index is 3.49. The Kier molecular flexibility index (Phi) is 6.54. The number of aliphatic carboxylic acids is 1. The van der Waals surface area contributed by atoms with E-state index in [1.54, 1.807) is 0 Å². The number of aliphatic hydroxyl groups excluding tert-OH is 1. The van der Waals surface area contributed by atoms with Gasteiger partial charge in [0.25, 0.3) is 0 Å². The molecule has 0 rings (SSSR count). The summed E-state index contributed by atoms with van der Waals surface area (Å²) in [7, 11) is 0. The molecule has 0 amide bonds. The third-order valence-corrected chi connectivity index (χ3v) is 1.98. The molecule has 4 N–H and O–H groups in total. The Labute approximate surface area is 78.7 Å². The van der Waals surface area contributed by atoms with E-state index in [9.17, 15) is 9.90 Å². The van der Waals surface area contributed by atoms with Crippen molar-refractivity contribution in [2.24, 2.45) is 5.73 Å². The molecule has 0 saturated carbocycles. The zero-order valence-electron chi connectivity index (χ0n) is 8.07. The van der Waals surface area contributed by atoms with Gasteiger partial charge in [-0.05, 0) is 12.8 Å². The van der Waals surface area contributed by atoms with Crippen molar-refractivity contribution >= 4 is 5.97 Å². The maximum Gasteiger partial charge on any atom is 0.320 e. The van der Waals surface area contributed by atoms with Gasteiger partial charge in [-0.1, -0.05) is 26.2 Å². The van der Waals surface area contributed by atoms with E-state index < -0.39 is 18.1 Å². The number of nitrogens with two attached hydrogens (primary N) is 1. The van der Waals surface area contributed by atoms with Crippen LogP contribution in [-0.4, -0.2) is 28.3 Å². The van der Waals surface area contributed by atoms with Gasteiger partial charge >= 0.3 is 5.97 Å². The average Bonchev–Trinajstić information content (AvgIpc) is 2.04. The van der Waals surface area contributed by atoms with Gasteiger partial charge in [-0.25, -0.2) is 0 Å². The van der Waals surface area contributed by atoms with E-state index in [4.69, 9.17) is 10.8 Å². The van der Waals surface area contributed by atoms with Crippen LogP contribution in [0.15, 0.2) is 0 Å². The fourth-order valence-electron chi connectivity index (χ4n) is 1.14. The van der Waals surface area contributed by atoms with Crippen LogP contribution in [0.1, 0.15) is 39.0 Å². The topological polar surface area (TPSA) is 83.5 Å². The van der Waals surface area contributed by atoms with Gasteiger partial charge < -0.3 is 15.9 Å². The third kappa shape index (κ3) is 6.54. The van der Waals surface area contributed by atoms with Gasteiger partial charge in [-0.2, -0.15) is 0 Å². The maximum atomic E-state index is 10.3. The maximum absolute atomic E-state index is 10.3. The number of unbranched alkanes of at least 4 members (excludes halogenated alkanes) is 2. The highest BCUT2D eigenvalue weighted by molar-refractivity contribution is 5.73. The Morgan fingerprint density at radius 1 is 1.46 bits per heavy atom. The van der Waals surface area contributed by atoms with E-state index in [1.807, 2.05) is 0 Å². The minimum Gasteiger partial charge on any atom is -0.480 e. The number of hydrogen-bond donors (Lipinski definition) is 3. The summed E-state index contributed by atoms with van der Waals surface area (Å²) >= 11 is 0. The van der Waals surface area contributed by atoms with Crippen molar-refractivity contribution in [3.8, 4) is 0 Å². The molecular formula is C9H19NO3. The summed E-state index contributed by atoms with van der Waals surface area (Å²) in [5.41, 5.74) is 5.26. The lowest BCUT2D eigenvalue weighted by Crippen LogP contribution is -2.33. The molecule has 78 valence electrons. The number of carbonyl (C=O) groups is 1. The Bertz CT molecular complexity index is 150. The molecule has 0 saturated heterocycles. The molecule has 0 aromatic carbocycles. The first-order valence-corrected chi connectivity index (χ1v) is 4.74. The number of carboxylic acid groups (broad SMARTS) is 1. The summed E-state index contributed by atoms with van der Waals surface area (Å²) in [5, 5.41) is 17.8. The molecule has 0 aliphatic carbocycles. The molecule has 0 aliphatic rings. The van der Waals surface area contributed by atoms with E-state index in [0.717, 1.165) is 19.3 Å². The van der Waals surface area contributed by atoms with Crippen LogP contribution in [0.4, 0.5) is 0 Å². The second-order valence-electron chi connectivity index (χ2n) is 3.33. The highest BCUT2D eigenvalue weighted by Gasteiger charge is 2.16.